The van der Waals surface area contributed by atoms with E-state index in [4.69, 9.17) is 4.74 Å². The van der Waals surface area contributed by atoms with Gasteiger partial charge in [-0.2, -0.15) is 0 Å². The molecular formula is C25H34N2O2. The first-order valence-electron chi connectivity index (χ1n) is 10.9. The third-order valence-electron chi connectivity index (χ3n) is 5.71. The third-order valence-corrected chi connectivity index (χ3v) is 5.71. The Morgan fingerprint density at radius 3 is 2.31 bits per heavy atom. The molecule has 1 aliphatic rings. The highest BCUT2D eigenvalue weighted by Crippen LogP contribution is 2.26. The van der Waals surface area contributed by atoms with Gasteiger partial charge in [-0.15, -0.1) is 0 Å². The summed E-state index contributed by atoms with van der Waals surface area (Å²) in [4.78, 5) is 15.4. The molecular weight excluding hydrogens is 360 g/mol. The van der Waals surface area contributed by atoms with Crippen LogP contribution in [0, 0.1) is 0 Å². The number of piperidine rings is 1. The topological polar surface area (TPSA) is 41.6 Å². The minimum Gasteiger partial charge on any atom is -0.493 e. The van der Waals surface area contributed by atoms with E-state index in [2.05, 4.69) is 48.3 Å². The Kier molecular flexibility index (Phi) is 7.70. The lowest BCUT2D eigenvalue weighted by Gasteiger charge is -2.35. The van der Waals surface area contributed by atoms with Crippen molar-refractivity contribution in [2.45, 2.75) is 52.0 Å². The molecule has 0 radical (unpaired) electrons. The average molecular weight is 395 g/mol. The number of carbonyl (C=O) groups is 1. The maximum atomic E-state index is 12.9. The third kappa shape index (κ3) is 5.60. The Balaban J connectivity index is 1.75. The van der Waals surface area contributed by atoms with E-state index in [9.17, 15) is 4.79 Å². The predicted octanol–water partition coefficient (Wildman–Crippen LogP) is 5.17. The second-order valence-electron chi connectivity index (χ2n) is 8.07. The molecule has 0 aliphatic carbocycles. The van der Waals surface area contributed by atoms with Gasteiger partial charge in [0.25, 0.3) is 5.91 Å². The Morgan fingerprint density at radius 1 is 1.00 bits per heavy atom. The van der Waals surface area contributed by atoms with E-state index in [1.807, 2.05) is 31.2 Å². The van der Waals surface area contributed by atoms with Crippen LogP contribution in [0.2, 0.25) is 0 Å². The van der Waals surface area contributed by atoms with E-state index in [0.29, 0.717) is 30.4 Å². The first-order valence-corrected chi connectivity index (χ1v) is 10.9. The molecule has 29 heavy (non-hydrogen) atoms. The second-order valence-corrected chi connectivity index (χ2v) is 8.07. The van der Waals surface area contributed by atoms with Gasteiger partial charge in [0.15, 0.2) is 0 Å². The van der Waals surface area contributed by atoms with Crippen molar-refractivity contribution in [3.63, 3.8) is 0 Å². The number of hydrogen-bond donors (Lipinski definition) is 1. The molecule has 1 heterocycles. The summed E-state index contributed by atoms with van der Waals surface area (Å²) >= 11 is 0. The van der Waals surface area contributed by atoms with Crippen molar-refractivity contribution in [2.75, 3.05) is 26.2 Å². The number of ether oxygens (including phenoxy) is 1. The number of carbonyl (C=O) groups excluding carboxylic acids is 1. The minimum atomic E-state index is -0.0742. The van der Waals surface area contributed by atoms with Crippen LogP contribution in [0.4, 0.5) is 0 Å². The number of nitrogens with zero attached hydrogens (tertiary/aromatic N) is 1. The lowest BCUT2D eigenvalue weighted by molar-refractivity contribution is 0.0920. The first kappa shape index (κ1) is 21.4. The average Bonchev–Trinajstić information content (AvgIpc) is 2.75. The predicted molar refractivity (Wildman–Crippen MR) is 119 cm³/mol. The smallest absolute Gasteiger partial charge is 0.255 e. The Hall–Kier alpha value is -2.33. The lowest BCUT2D eigenvalue weighted by atomic mass is 9.97. The highest BCUT2D eigenvalue weighted by molar-refractivity contribution is 5.96. The fraction of sp³-hybridized carbons (Fsp3) is 0.480. The molecule has 2 aromatic carbocycles. The molecule has 0 saturated carbocycles. The molecule has 1 fully saturated rings. The Bertz CT molecular complexity index is 780. The first-order chi connectivity index (χ1) is 14.1. The lowest BCUT2D eigenvalue weighted by Crippen LogP contribution is -2.40. The van der Waals surface area contributed by atoms with Crippen LogP contribution in [0.5, 0.6) is 5.75 Å². The maximum Gasteiger partial charge on any atom is 0.255 e. The van der Waals surface area contributed by atoms with Crippen LogP contribution in [0.25, 0.3) is 0 Å². The molecule has 0 spiro atoms. The van der Waals surface area contributed by atoms with E-state index >= 15 is 0 Å². The number of benzene rings is 2. The summed E-state index contributed by atoms with van der Waals surface area (Å²) < 4.78 is 5.63. The Morgan fingerprint density at radius 2 is 1.66 bits per heavy atom. The van der Waals surface area contributed by atoms with Crippen molar-refractivity contribution < 1.29 is 9.53 Å². The molecule has 1 saturated heterocycles. The van der Waals surface area contributed by atoms with Crippen molar-refractivity contribution >= 4 is 5.91 Å². The molecule has 1 aliphatic heterocycles. The van der Waals surface area contributed by atoms with Gasteiger partial charge >= 0.3 is 0 Å². The van der Waals surface area contributed by atoms with Gasteiger partial charge in [-0.25, -0.2) is 0 Å². The molecule has 0 aromatic heterocycles. The fourth-order valence-electron chi connectivity index (χ4n) is 4.01. The number of nitrogens with one attached hydrogen (secondary N) is 1. The zero-order valence-electron chi connectivity index (χ0n) is 18.0. The summed E-state index contributed by atoms with van der Waals surface area (Å²) in [6.45, 7) is 9.68. The molecule has 1 atom stereocenters. The van der Waals surface area contributed by atoms with Crippen molar-refractivity contribution in [1.82, 2.24) is 10.2 Å². The molecule has 3 rings (SSSR count). The van der Waals surface area contributed by atoms with Gasteiger partial charge in [-0.1, -0.05) is 56.7 Å². The van der Waals surface area contributed by atoms with Crippen LogP contribution < -0.4 is 10.1 Å². The largest absolute Gasteiger partial charge is 0.493 e. The van der Waals surface area contributed by atoms with E-state index in [1.165, 1.54) is 30.4 Å². The van der Waals surface area contributed by atoms with E-state index in [1.54, 1.807) is 0 Å². The molecule has 4 nitrogen and oxygen atoms in total. The van der Waals surface area contributed by atoms with Crippen molar-refractivity contribution in [2.24, 2.45) is 0 Å². The van der Waals surface area contributed by atoms with E-state index < -0.39 is 0 Å². The van der Waals surface area contributed by atoms with Crippen molar-refractivity contribution in [3.8, 4) is 5.75 Å². The Labute approximate surface area is 175 Å². The zero-order chi connectivity index (χ0) is 20.6. The number of amides is 1. The number of para-hydroxylation sites is 1. The van der Waals surface area contributed by atoms with Crippen molar-refractivity contribution in [1.29, 1.82) is 0 Å². The highest BCUT2D eigenvalue weighted by Gasteiger charge is 2.23. The summed E-state index contributed by atoms with van der Waals surface area (Å²) in [6, 6.07) is 16.6. The molecule has 0 bridgehead atoms. The van der Waals surface area contributed by atoms with Gasteiger partial charge in [-0.3, -0.25) is 9.69 Å². The molecule has 1 amide bonds. The SMILES string of the molecule is CCOc1ccccc1C(=O)NC[C@H](c1ccc(C(C)C)cc1)N1CCCCC1. The summed E-state index contributed by atoms with van der Waals surface area (Å²) in [5, 5.41) is 3.17. The monoisotopic (exact) mass is 394 g/mol. The summed E-state index contributed by atoms with van der Waals surface area (Å²) in [6.07, 6.45) is 3.74. The van der Waals surface area contributed by atoms with Crippen LogP contribution in [0.3, 0.4) is 0 Å². The molecule has 2 aromatic rings. The molecule has 4 heteroatoms. The standard InChI is InChI=1S/C25H34N2O2/c1-4-29-24-11-7-6-10-22(24)25(28)26-18-23(27-16-8-5-9-17-27)21-14-12-20(13-15-21)19(2)3/h6-7,10-15,19,23H,4-5,8-9,16-18H2,1-3H3,(H,26,28)/t23-/m1/s1. The van der Waals surface area contributed by atoms with Crippen LogP contribution in [0.15, 0.2) is 48.5 Å². The normalized spacial score (nSPS) is 15.9. The van der Waals surface area contributed by atoms with Gasteiger partial charge in [0, 0.05) is 6.54 Å². The van der Waals surface area contributed by atoms with Gasteiger partial charge in [-0.05, 0) is 62.0 Å². The van der Waals surface area contributed by atoms with Crippen molar-refractivity contribution in [3.05, 3.63) is 65.2 Å². The second kappa shape index (κ2) is 10.4. The minimum absolute atomic E-state index is 0.0742. The van der Waals surface area contributed by atoms with Gasteiger partial charge in [0.1, 0.15) is 5.75 Å². The van der Waals surface area contributed by atoms with Crippen LogP contribution in [-0.4, -0.2) is 37.0 Å². The quantitative estimate of drug-likeness (QED) is 0.672. The fourth-order valence-corrected chi connectivity index (χ4v) is 4.01. The molecule has 156 valence electrons. The maximum absolute atomic E-state index is 12.9. The number of rotatable bonds is 8. The molecule has 1 N–H and O–H groups in total. The molecule has 0 unspecified atom stereocenters. The zero-order valence-corrected chi connectivity index (χ0v) is 18.0. The van der Waals surface area contributed by atoms with E-state index in [-0.39, 0.29) is 11.9 Å². The van der Waals surface area contributed by atoms with Crippen LogP contribution in [0.1, 0.15) is 73.5 Å². The number of hydrogen-bond acceptors (Lipinski definition) is 3. The van der Waals surface area contributed by atoms with Gasteiger partial charge in [0.05, 0.1) is 18.2 Å². The van der Waals surface area contributed by atoms with Gasteiger partial charge < -0.3 is 10.1 Å². The van der Waals surface area contributed by atoms with Gasteiger partial charge in [0.2, 0.25) is 0 Å². The van der Waals surface area contributed by atoms with Crippen LogP contribution >= 0.6 is 0 Å². The van der Waals surface area contributed by atoms with E-state index in [0.717, 1.165) is 13.1 Å². The highest BCUT2D eigenvalue weighted by atomic mass is 16.5. The summed E-state index contributed by atoms with van der Waals surface area (Å²) in [5.41, 5.74) is 3.22. The summed E-state index contributed by atoms with van der Waals surface area (Å²) in [7, 11) is 0. The van der Waals surface area contributed by atoms with Crippen LogP contribution in [-0.2, 0) is 0 Å². The number of likely N-dealkylation sites (tertiary alicyclic amines) is 1. The summed E-state index contributed by atoms with van der Waals surface area (Å²) in [5.74, 6) is 1.09.